The third-order valence-electron chi connectivity index (χ3n) is 3.41. The Balaban J connectivity index is 2.28. The van der Waals surface area contributed by atoms with Gasteiger partial charge >= 0.3 is 0 Å². The van der Waals surface area contributed by atoms with E-state index in [0.717, 1.165) is 23.6 Å². The third-order valence-corrected chi connectivity index (χ3v) is 4.64. The van der Waals surface area contributed by atoms with E-state index in [4.69, 9.17) is 0 Å². The fourth-order valence-electron chi connectivity index (χ4n) is 2.41. The lowest BCUT2D eigenvalue weighted by Crippen LogP contribution is -2.31. The first kappa shape index (κ1) is 15.9. The molecule has 0 radical (unpaired) electrons. The fourth-order valence-corrected chi connectivity index (χ4v) is 3.50. The van der Waals surface area contributed by atoms with Crippen LogP contribution in [0, 0.1) is 13.8 Å². The largest absolute Gasteiger partial charge is 0.309 e. The van der Waals surface area contributed by atoms with Gasteiger partial charge in [-0.1, -0.05) is 17.4 Å². The zero-order valence-electron chi connectivity index (χ0n) is 13.4. The number of carbonyl (C=O) groups is 1. The van der Waals surface area contributed by atoms with Crippen molar-refractivity contribution in [3.05, 3.63) is 23.3 Å². The molecular formula is C16H23N3OS. The van der Waals surface area contributed by atoms with Crippen molar-refractivity contribution in [1.29, 1.82) is 0 Å². The highest BCUT2D eigenvalue weighted by atomic mass is 32.1. The lowest BCUT2D eigenvalue weighted by atomic mass is 10.1. The Kier molecular flexibility index (Phi) is 4.96. The Labute approximate surface area is 130 Å². The van der Waals surface area contributed by atoms with Crippen molar-refractivity contribution in [1.82, 2.24) is 9.88 Å². The molecule has 2 rings (SSSR count). The average Bonchev–Trinajstić information content (AvgIpc) is 2.77. The molecule has 0 saturated carbocycles. The summed E-state index contributed by atoms with van der Waals surface area (Å²) in [6.45, 7) is 7.46. The summed E-state index contributed by atoms with van der Waals surface area (Å²) in [5.41, 5.74) is 3.43. The summed E-state index contributed by atoms with van der Waals surface area (Å²) in [7, 11) is 4.09. The number of aryl methyl sites for hydroxylation is 2. The summed E-state index contributed by atoms with van der Waals surface area (Å²) >= 11 is 1.61. The van der Waals surface area contributed by atoms with Crippen LogP contribution in [0.3, 0.4) is 0 Å². The smallest absolute Gasteiger partial charge is 0.225 e. The number of carbonyl (C=O) groups excluding carboxylic acids is 1. The lowest BCUT2D eigenvalue weighted by Gasteiger charge is -2.19. The molecule has 0 N–H and O–H groups in total. The summed E-state index contributed by atoms with van der Waals surface area (Å²) in [6.07, 6.45) is 0.945. The quantitative estimate of drug-likeness (QED) is 0.851. The summed E-state index contributed by atoms with van der Waals surface area (Å²) in [4.78, 5) is 20.5. The Morgan fingerprint density at radius 2 is 1.95 bits per heavy atom. The summed E-state index contributed by atoms with van der Waals surface area (Å²) in [5, 5.41) is 0.810. The highest BCUT2D eigenvalue weighted by molar-refractivity contribution is 7.22. The van der Waals surface area contributed by atoms with Crippen molar-refractivity contribution >= 4 is 32.6 Å². The van der Waals surface area contributed by atoms with Gasteiger partial charge < -0.3 is 4.90 Å². The van der Waals surface area contributed by atoms with E-state index in [1.165, 1.54) is 15.8 Å². The van der Waals surface area contributed by atoms with Gasteiger partial charge in [-0.2, -0.15) is 0 Å². The van der Waals surface area contributed by atoms with Crippen LogP contribution in [0.2, 0.25) is 0 Å². The van der Waals surface area contributed by atoms with Crippen LogP contribution in [-0.4, -0.2) is 43.0 Å². The van der Waals surface area contributed by atoms with Gasteiger partial charge in [0, 0.05) is 13.5 Å². The number of thiazole rings is 1. The van der Waals surface area contributed by atoms with Crippen LogP contribution in [0.4, 0.5) is 5.13 Å². The van der Waals surface area contributed by atoms with Gasteiger partial charge in [-0.3, -0.25) is 9.69 Å². The molecule has 2 aromatic rings. The zero-order chi connectivity index (χ0) is 15.6. The first-order valence-electron chi connectivity index (χ1n) is 7.19. The predicted molar refractivity (Wildman–Crippen MR) is 90.3 cm³/mol. The van der Waals surface area contributed by atoms with Gasteiger partial charge in [-0.25, -0.2) is 4.98 Å². The number of rotatable bonds is 5. The minimum Gasteiger partial charge on any atom is -0.309 e. The molecule has 0 bridgehead atoms. The van der Waals surface area contributed by atoms with E-state index >= 15 is 0 Å². The van der Waals surface area contributed by atoms with Gasteiger partial charge in [0.1, 0.15) is 0 Å². The van der Waals surface area contributed by atoms with E-state index in [1.807, 2.05) is 14.1 Å². The molecule has 0 unspecified atom stereocenters. The maximum atomic E-state index is 11.9. The number of hydrogen-bond acceptors (Lipinski definition) is 4. The highest BCUT2D eigenvalue weighted by Crippen LogP contribution is 2.32. The van der Waals surface area contributed by atoms with Crippen molar-refractivity contribution < 1.29 is 4.79 Å². The van der Waals surface area contributed by atoms with Gasteiger partial charge in [-0.05, 0) is 58.1 Å². The van der Waals surface area contributed by atoms with Crippen molar-refractivity contribution in [3.8, 4) is 0 Å². The van der Waals surface area contributed by atoms with Gasteiger partial charge in [0.25, 0.3) is 0 Å². The van der Waals surface area contributed by atoms with Gasteiger partial charge in [0.2, 0.25) is 5.91 Å². The van der Waals surface area contributed by atoms with Crippen molar-refractivity contribution in [3.63, 3.8) is 0 Å². The highest BCUT2D eigenvalue weighted by Gasteiger charge is 2.17. The number of hydrogen-bond donors (Lipinski definition) is 0. The Hall–Kier alpha value is -1.46. The van der Waals surface area contributed by atoms with Crippen LogP contribution in [0.15, 0.2) is 12.1 Å². The molecule has 5 heteroatoms. The number of aromatic nitrogens is 1. The molecule has 114 valence electrons. The van der Waals surface area contributed by atoms with Gasteiger partial charge in [0.15, 0.2) is 5.13 Å². The molecule has 21 heavy (non-hydrogen) atoms. The normalized spacial score (nSPS) is 11.3. The molecule has 0 saturated heterocycles. The van der Waals surface area contributed by atoms with Crippen LogP contribution >= 0.6 is 11.3 Å². The van der Waals surface area contributed by atoms with Crippen molar-refractivity contribution in [2.24, 2.45) is 0 Å². The first-order chi connectivity index (χ1) is 9.88. The first-order valence-corrected chi connectivity index (χ1v) is 8.00. The number of anilines is 1. The minimum atomic E-state index is 0.0576. The van der Waals surface area contributed by atoms with Crippen molar-refractivity contribution in [2.75, 3.05) is 32.1 Å². The average molecular weight is 305 g/mol. The minimum absolute atomic E-state index is 0.0576. The van der Waals surface area contributed by atoms with E-state index in [-0.39, 0.29) is 5.91 Å². The second-order valence-corrected chi connectivity index (χ2v) is 6.73. The molecule has 0 aliphatic carbocycles. The molecule has 0 aliphatic heterocycles. The topological polar surface area (TPSA) is 36.4 Å². The molecular weight excluding hydrogens is 282 g/mol. The van der Waals surface area contributed by atoms with E-state index in [2.05, 4.69) is 35.9 Å². The van der Waals surface area contributed by atoms with E-state index in [0.29, 0.717) is 6.54 Å². The fraction of sp³-hybridized carbons (Fsp3) is 0.500. The molecule has 1 heterocycles. The molecule has 1 amide bonds. The van der Waals surface area contributed by atoms with Crippen LogP contribution < -0.4 is 4.90 Å². The molecule has 1 aromatic heterocycles. The Morgan fingerprint density at radius 3 is 2.57 bits per heavy atom. The standard InChI is InChI=1S/C16H23N3OS/c1-11-9-12(2)15-14(10-11)17-16(21-15)19(13(3)20)8-6-7-18(4)5/h9-10H,6-8H2,1-5H3. The van der Waals surface area contributed by atoms with E-state index < -0.39 is 0 Å². The molecule has 0 fully saturated rings. The molecule has 1 aromatic carbocycles. The monoisotopic (exact) mass is 305 g/mol. The maximum Gasteiger partial charge on any atom is 0.225 e. The number of amides is 1. The SMILES string of the molecule is CC(=O)N(CCCN(C)C)c1nc2cc(C)cc(C)c2s1. The molecule has 0 aliphatic rings. The van der Waals surface area contributed by atoms with E-state index in [9.17, 15) is 4.79 Å². The third kappa shape index (κ3) is 3.80. The lowest BCUT2D eigenvalue weighted by molar-refractivity contribution is -0.116. The number of nitrogens with zero attached hydrogens (tertiary/aromatic N) is 3. The predicted octanol–water partition coefficient (Wildman–Crippen LogP) is 3.22. The molecule has 4 nitrogen and oxygen atoms in total. The molecule has 0 spiro atoms. The van der Waals surface area contributed by atoms with Crippen LogP contribution in [0.1, 0.15) is 24.5 Å². The van der Waals surface area contributed by atoms with Crippen molar-refractivity contribution in [2.45, 2.75) is 27.2 Å². The van der Waals surface area contributed by atoms with Gasteiger partial charge in [-0.15, -0.1) is 0 Å². The number of fused-ring (bicyclic) bond motifs is 1. The van der Waals surface area contributed by atoms with Gasteiger partial charge in [0.05, 0.1) is 10.2 Å². The van der Waals surface area contributed by atoms with E-state index in [1.54, 1.807) is 23.2 Å². The summed E-state index contributed by atoms with van der Waals surface area (Å²) < 4.78 is 1.18. The van der Waals surface area contributed by atoms with Crippen LogP contribution in [0.25, 0.3) is 10.2 Å². The Bertz CT molecular complexity index is 648. The summed E-state index contributed by atoms with van der Waals surface area (Å²) in [6, 6.07) is 4.24. The van der Waals surface area contributed by atoms with Crippen LogP contribution in [-0.2, 0) is 4.79 Å². The van der Waals surface area contributed by atoms with Crippen LogP contribution in [0.5, 0.6) is 0 Å². The zero-order valence-corrected chi connectivity index (χ0v) is 14.3. The summed E-state index contributed by atoms with van der Waals surface area (Å²) in [5.74, 6) is 0.0576. The maximum absolute atomic E-state index is 11.9. The second kappa shape index (κ2) is 6.54. The second-order valence-electron chi connectivity index (χ2n) is 5.75. The number of benzene rings is 1. The molecule has 0 atom stereocenters. The Morgan fingerprint density at radius 1 is 1.24 bits per heavy atom.